The van der Waals surface area contributed by atoms with Crippen molar-refractivity contribution in [3.05, 3.63) is 30.1 Å². The molecule has 0 saturated carbocycles. The van der Waals surface area contributed by atoms with Crippen molar-refractivity contribution >= 4 is 11.0 Å². The van der Waals surface area contributed by atoms with Gasteiger partial charge in [0.25, 0.3) is 0 Å². The van der Waals surface area contributed by atoms with Gasteiger partial charge in [-0.2, -0.15) is 0 Å². The highest BCUT2D eigenvalue weighted by Crippen LogP contribution is 2.16. The monoisotopic (exact) mass is 233 g/mol. The molecule has 17 heavy (non-hydrogen) atoms. The topological polar surface area (TPSA) is 53.1 Å². The SMILES string of the molecule is CCOCCn1c(CCN)nc2ccccc21. The highest BCUT2D eigenvalue weighted by molar-refractivity contribution is 5.75. The Bertz CT molecular complexity index is 478. The second-order valence-electron chi connectivity index (χ2n) is 3.90. The molecule has 2 rings (SSSR count). The quantitative estimate of drug-likeness (QED) is 0.771. The normalized spacial score (nSPS) is 11.2. The summed E-state index contributed by atoms with van der Waals surface area (Å²) in [5, 5.41) is 0. The van der Waals surface area contributed by atoms with Crippen LogP contribution >= 0.6 is 0 Å². The van der Waals surface area contributed by atoms with Gasteiger partial charge in [-0.25, -0.2) is 4.98 Å². The third-order valence-corrected chi connectivity index (χ3v) is 2.76. The Morgan fingerprint density at radius 2 is 2.18 bits per heavy atom. The molecule has 1 heterocycles. The highest BCUT2D eigenvalue weighted by Gasteiger charge is 2.08. The minimum atomic E-state index is 0.623. The number of imidazole rings is 1. The number of aromatic nitrogens is 2. The van der Waals surface area contributed by atoms with Crippen LogP contribution in [0.15, 0.2) is 24.3 Å². The van der Waals surface area contributed by atoms with E-state index < -0.39 is 0 Å². The molecule has 92 valence electrons. The number of hydrogen-bond acceptors (Lipinski definition) is 3. The van der Waals surface area contributed by atoms with Crippen LogP contribution in [0.5, 0.6) is 0 Å². The number of rotatable bonds is 6. The van der Waals surface area contributed by atoms with Crippen LogP contribution in [-0.4, -0.2) is 29.3 Å². The van der Waals surface area contributed by atoms with Crippen LogP contribution in [-0.2, 0) is 17.7 Å². The predicted octanol–water partition coefficient (Wildman–Crippen LogP) is 1.57. The molecule has 0 fully saturated rings. The molecule has 4 heteroatoms. The third kappa shape index (κ3) is 2.65. The number of ether oxygens (including phenoxy) is 1. The Balaban J connectivity index is 2.30. The van der Waals surface area contributed by atoms with E-state index in [0.717, 1.165) is 36.4 Å². The van der Waals surface area contributed by atoms with Gasteiger partial charge in [-0.3, -0.25) is 0 Å². The number of nitrogens with zero attached hydrogens (tertiary/aromatic N) is 2. The first kappa shape index (κ1) is 12.1. The molecule has 4 nitrogen and oxygen atoms in total. The molecule has 1 aromatic carbocycles. The van der Waals surface area contributed by atoms with E-state index in [-0.39, 0.29) is 0 Å². The number of hydrogen-bond donors (Lipinski definition) is 1. The Labute approximate surface area is 101 Å². The van der Waals surface area contributed by atoms with Gasteiger partial charge in [-0.05, 0) is 25.6 Å². The van der Waals surface area contributed by atoms with Crippen LogP contribution in [0.3, 0.4) is 0 Å². The fraction of sp³-hybridized carbons (Fsp3) is 0.462. The van der Waals surface area contributed by atoms with E-state index in [1.165, 1.54) is 0 Å². The van der Waals surface area contributed by atoms with Gasteiger partial charge in [0.05, 0.1) is 17.6 Å². The molecule has 0 atom stereocenters. The van der Waals surface area contributed by atoms with E-state index in [2.05, 4.69) is 15.6 Å². The molecule has 0 bridgehead atoms. The first-order chi connectivity index (χ1) is 8.36. The molecule has 1 aromatic heterocycles. The molecule has 2 aromatic rings. The Kier molecular flexibility index (Phi) is 4.12. The largest absolute Gasteiger partial charge is 0.380 e. The summed E-state index contributed by atoms with van der Waals surface area (Å²) < 4.78 is 7.62. The van der Waals surface area contributed by atoms with Crippen molar-refractivity contribution < 1.29 is 4.74 Å². The Morgan fingerprint density at radius 3 is 2.94 bits per heavy atom. The van der Waals surface area contributed by atoms with Crippen LogP contribution in [0, 0.1) is 0 Å². The molecular formula is C13H19N3O. The van der Waals surface area contributed by atoms with Gasteiger partial charge < -0.3 is 15.0 Å². The summed E-state index contributed by atoms with van der Waals surface area (Å²) in [5.74, 6) is 1.05. The second-order valence-corrected chi connectivity index (χ2v) is 3.90. The summed E-state index contributed by atoms with van der Waals surface area (Å²) in [5.41, 5.74) is 7.82. The van der Waals surface area contributed by atoms with Gasteiger partial charge in [-0.1, -0.05) is 12.1 Å². The van der Waals surface area contributed by atoms with Gasteiger partial charge >= 0.3 is 0 Å². The van der Waals surface area contributed by atoms with Crippen molar-refractivity contribution in [1.29, 1.82) is 0 Å². The van der Waals surface area contributed by atoms with E-state index >= 15 is 0 Å². The fourth-order valence-electron chi connectivity index (χ4n) is 2.00. The molecule has 0 aliphatic rings. The van der Waals surface area contributed by atoms with Gasteiger partial charge in [0.15, 0.2) is 0 Å². The number of para-hydroxylation sites is 2. The third-order valence-electron chi connectivity index (χ3n) is 2.76. The minimum absolute atomic E-state index is 0.623. The zero-order valence-electron chi connectivity index (χ0n) is 10.2. The lowest BCUT2D eigenvalue weighted by molar-refractivity contribution is 0.139. The zero-order chi connectivity index (χ0) is 12.1. The van der Waals surface area contributed by atoms with Crippen LogP contribution in [0.2, 0.25) is 0 Å². The van der Waals surface area contributed by atoms with Crippen LogP contribution < -0.4 is 5.73 Å². The zero-order valence-corrected chi connectivity index (χ0v) is 10.2. The lowest BCUT2D eigenvalue weighted by atomic mass is 10.3. The Hall–Kier alpha value is -1.39. The molecule has 0 spiro atoms. The maximum atomic E-state index is 5.62. The first-order valence-electron chi connectivity index (χ1n) is 6.08. The van der Waals surface area contributed by atoms with Crippen molar-refractivity contribution in [2.75, 3.05) is 19.8 Å². The summed E-state index contributed by atoms with van der Waals surface area (Å²) in [6.07, 6.45) is 0.806. The maximum Gasteiger partial charge on any atom is 0.111 e. The van der Waals surface area contributed by atoms with E-state index in [9.17, 15) is 0 Å². The summed E-state index contributed by atoms with van der Waals surface area (Å²) >= 11 is 0. The number of benzene rings is 1. The first-order valence-corrected chi connectivity index (χ1v) is 6.08. The molecular weight excluding hydrogens is 214 g/mol. The van der Waals surface area contributed by atoms with Crippen molar-refractivity contribution in [3.8, 4) is 0 Å². The summed E-state index contributed by atoms with van der Waals surface area (Å²) in [4.78, 5) is 4.61. The highest BCUT2D eigenvalue weighted by atomic mass is 16.5. The van der Waals surface area contributed by atoms with E-state index in [4.69, 9.17) is 10.5 Å². The maximum absolute atomic E-state index is 5.62. The Morgan fingerprint density at radius 1 is 1.35 bits per heavy atom. The van der Waals surface area contributed by atoms with Gasteiger partial charge in [0.1, 0.15) is 5.82 Å². The van der Waals surface area contributed by atoms with Crippen LogP contribution in [0.4, 0.5) is 0 Å². The molecule has 0 amide bonds. The number of nitrogens with two attached hydrogens (primary N) is 1. The van der Waals surface area contributed by atoms with Gasteiger partial charge in [0, 0.05) is 19.6 Å². The van der Waals surface area contributed by atoms with Crippen LogP contribution in [0.25, 0.3) is 11.0 Å². The smallest absolute Gasteiger partial charge is 0.111 e. The summed E-state index contributed by atoms with van der Waals surface area (Å²) in [6, 6.07) is 8.17. The molecule has 0 aliphatic heterocycles. The van der Waals surface area contributed by atoms with Crippen molar-refractivity contribution in [2.45, 2.75) is 19.9 Å². The average molecular weight is 233 g/mol. The average Bonchev–Trinajstić information content (AvgIpc) is 2.69. The lowest BCUT2D eigenvalue weighted by Crippen LogP contribution is -2.13. The van der Waals surface area contributed by atoms with Crippen molar-refractivity contribution in [3.63, 3.8) is 0 Å². The molecule has 0 aliphatic carbocycles. The van der Waals surface area contributed by atoms with E-state index in [0.29, 0.717) is 13.2 Å². The predicted molar refractivity (Wildman–Crippen MR) is 69.0 cm³/mol. The van der Waals surface area contributed by atoms with Crippen molar-refractivity contribution in [1.82, 2.24) is 9.55 Å². The molecule has 0 unspecified atom stereocenters. The fourth-order valence-corrected chi connectivity index (χ4v) is 2.00. The van der Waals surface area contributed by atoms with Crippen LogP contribution in [0.1, 0.15) is 12.7 Å². The molecule has 0 saturated heterocycles. The second kappa shape index (κ2) is 5.80. The summed E-state index contributed by atoms with van der Waals surface area (Å²) in [7, 11) is 0. The minimum Gasteiger partial charge on any atom is -0.380 e. The van der Waals surface area contributed by atoms with E-state index in [1.807, 2.05) is 25.1 Å². The van der Waals surface area contributed by atoms with Crippen molar-refractivity contribution in [2.24, 2.45) is 5.73 Å². The molecule has 2 N–H and O–H groups in total. The standard InChI is InChI=1S/C13H19N3O/c1-2-17-10-9-16-12-6-4-3-5-11(12)15-13(16)7-8-14/h3-6H,2,7-10,14H2,1H3. The number of fused-ring (bicyclic) bond motifs is 1. The van der Waals surface area contributed by atoms with Gasteiger partial charge in [-0.15, -0.1) is 0 Å². The van der Waals surface area contributed by atoms with E-state index in [1.54, 1.807) is 0 Å². The van der Waals surface area contributed by atoms with Gasteiger partial charge in [0.2, 0.25) is 0 Å². The summed E-state index contributed by atoms with van der Waals surface area (Å²) in [6.45, 7) is 4.93. The molecule has 0 radical (unpaired) electrons. The lowest BCUT2D eigenvalue weighted by Gasteiger charge is -2.08.